The molecule has 0 fully saturated rings. The zero-order valence-electron chi connectivity index (χ0n) is 8.95. The van der Waals surface area contributed by atoms with E-state index in [1.165, 1.54) is 6.07 Å². The topological polar surface area (TPSA) is 25.2 Å². The van der Waals surface area contributed by atoms with Crippen molar-refractivity contribution in [1.82, 2.24) is 5.32 Å². The fraction of sp³-hybridized carbons (Fsp3) is 0.231. The highest BCUT2D eigenvalue weighted by molar-refractivity contribution is 5.17. The van der Waals surface area contributed by atoms with Gasteiger partial charge in [-0.05, 0) is 30.7 Å². The highest BCUT2D eigenvalue weighted by Gasteiger charge is 1.99. The van der Waals surface area contributed by atoms with E-state index in [1.807, 2.05) is 18.2 Å². The molecule has 0 amide bonds. The lowest BCUT2D eigenvalue weighted by atomic mass is 10.1. The van der Waals surface area contributed by atoms with Gasteiger partial charge in [0.2, 0.25) is 0 Å². The highest BCUT2D eigenvalue weighted by Crippen LogP contribution is 2.06. The monoisotopic (exact) mass is 219 g/mol. The van der Waals surface area contributed by atoms with Gasteiger partial charge in [0, 0.05) is 12.1 Å². The van der Waals surface area contributed by atoms with Gasteiger partial charge in [0.25, 0.3) is 0 Å². The van der Waals surface area contributed by atoms with Crippen molar-refractivity contribution >= 4 is 0 Å². The molecule has 2 aromatic rings. The first-order valence-electron chi connectivity index (χ1n) is 5.31. The van der Waals surface area contributed by atoms with Crippen LogP contribution in [-0.2, 0) is 13.0 Å². The quantitative estimate of drug-likeness (QED) is 0.782. The average Bonchev–Trinajstić information content (AvgIpc) is 2.79. The molecule has 16 heavy (non-hydrogen) atoms. The Morgan fingerprint density at radius 3 is 2.81 bits per heavy atom. The predicted molar refractivity (Wildman–Crippen MR) is 60.5 cm³/mol. The van der Waals surface area contributed by atoms with Crippen molar-refractivity contribution in [1.29, 1.82) is 0 Å². The average molecular weight is 219 g/mol. The Morgan fingerprint density at radius 1 is 1.19 bits per heavy atom. The van der Waals surface area contributed by atoms with Gasteiger partial charge >= 0.3 is 0 Å². The molecule has 1 N–H and O–H groups in total. The molecule has 84 valence electrons. The van der Waals surface area contributed by atoms with Crippen LogP contribution >= 0.6 is 0 Å². The van der Waals surface area contributed by atoms with Gasteiger partial charge in [0.1, 0.15) is 5.82 Å². The van der Waals surface area contributed by atoms with E-state index in [-0.39, 0.29) is 5.82 Å². The summed E-state index contributed by atoms with van der Waals surface area (Å²) in [7, 11) is 0. The van der Waals surface area contributed by atoms with Crippen LogP contribution in [0.1, 0.15) is 11.1 Å². The Balaban J connectivity index is 1.74. The lowest BCUT2D eigenvalue weighted by Crippen LogP contribution is -2.16. The molecule has 3 heteroatoms. The molecule has 0 bridgehead atoms. The van der Waals surface area contributed by atoms with Crippen LogP contribution in [0.4, 0.5) is 4.39 Å². The second-order valence-corrected chi connectivity index (χ2v) is 3.65. The van der Waals surface area contributed by atoms with E-state index in [2.05, 4.69) is 5.32 Å². The summed E-state index contributed by atoms with van der Waals surface area (Å²) in [5.74, 6) is -0.132. The van der Waals surface area contributed by atoms with Gasteiger partial charge < -0.3 is 9.73 Å². The van der Waals surface area contributed by atoms with Crippen molar-refractivity contribution in [2.75, 3.05) is 6.54 Å². The zero-order chi connectivity index (χ0) is 11.2. The van der Waals surface area contributed by atoms with Crippen molar-refractivity contribution < 1.29 is 8.81 Å². The number of rotatable bonds is 5. The van der Waals surface area contributed by atoms with E-state index in [9.17, 15) is 4.39 Å². The highest BCUT2D eigenvalue weighted by atomic mass is 19.1. The van der Waals surface area contributed by atoms with E-state index >= 15 is 0 Å². The summed E-state index contributed by atoms with van der Waals surface area (Å²) in [6.45, 7) is 1.51. The summed E-state index contributed by atoms with van der Waals surface area (Å²) in [6.07, 6.45) is 4.05. The summed E-state index contributed by atoms with van der Waals surface area (Å²) in [6, 6.07) is 8.78. The minimum absolute atomic E-state index is 0.132. The van der Waals surface area contributed by atoms with Gasteiger partial charge in [-0.1, -0.05) is 18.2 Å². The van der Waals surface area contributed by atoms with Crippen molar-refractivity contribution in [3.8, 4) is 0 Å². The molecule has 0 spiro atoms. The van der Waals surface area contributed by atoms with Crippen molar-refractivity contribution in [3.63, 3.8) is 0 Å². The van der Waals surface area contributed by atoms with Crippen LogP contribution in [0.3, 0.4) is 0 Å². The number of furan rings is 1. The molecule has 1 heterocycles. The molecule has 0 unspecified atom stereocenters. The van der Waals surface area contributed by atoms with E-state index in [0.29, 0.717) is 6.42 Å². The van der Waals surface area contributed by atoms with E-state index in [1.54, 1.807) is 18.6 Å². The number of nitrogens with one attached hydrogen (secondary N) is 1. The molecule has 0 aliphatic carbocycles. The van der Waals surface area contributed by atoms with Gasteiger partial charge in [0.15, 0.2) is 0 Å². The summed E-state index contributed by atoms with van der Waals surface area (Å²) in [5.41, 5.74) is 1.86. The molecular formula is C13H14FNO. The van der Waals surface area contributed by atoms with E-state index < -0.39 is 0 Å². The third-order valence-electron chi connectivity index (χ3n) is 2.44. The normalized spacial score (nSPS) is 10.6. The molecule has 1 aromatic heterocycles. The van der Waals surface area contributed by atoms with Gasteiger partial charge in [-0.15, -0.1) is 0 Å². The van der Waals surface area contributed by atoms with Gasteiger partial charge in [-0.25, -0.2) is 4.39 Å². The number of hydrogen-bond acceptors (Lipinski definition) is 2. The smallest absolute Gasteiger partial charge is 0.126 e. The Bertz CT molecular complexity index is 425. The van der Waals surface area contributed by atoms with Crippen molar-refractivity contribution in [2.24, 2.45) is 0 Å². The van der Waals surface area contributed by atoms with Crippen LogP contribution in [0.25, 0.3) is 0 Å². The lowest BCUT2D eigenvalue weighted by molar-refractivity contribution is 0.559. The number of halogens is 1. The maximum atomic E-state index is 13.2. The lowest BCUT2D eigenvalue weighted by Gasteiger charge is -2.04. The largest absolute Gasteiger partial charge is 0.472 e. The molecule has 0 radical (unpaired) electrons. The molecule has 1 aromatic carbocycles. The molecule has 2 rings (SSSR count). The molecule has 0 saturated heterocycles. The van der Waals surface area contributed by atoms with Gasteiger partial charge in [-0.3, -0.25) is 0 Å². The molecule has 0 atom stereocenters. The molecule has 2 nitrogen and oxygen atoms in total. The zero-order valence-corrected chi connectivity index (χ0v) is 8.95. The summed E-state index contributed by atoms with van der Waals surface area (Å²) in [4.78, 5) is 0. The summed E-state index contributed by atoms with van der Waals surface area (Å²) in [5, 5.41) is 3.24. The van der Waals surface area contributed by atoms with Crippen LogP contribution in [0.15, 0.2) is 47.3 Å². The summed E-state index contributed by atoms with van der Waals surface area (Å²) >= 11 is 0. The predicted octanol–water partition coefficient (Wildman–Crippen LogP) is 2.75. The van der Waals surface area contributed by atoms with Gasteiger partial charge in [0.05, 0.1) is 12.5 Å². The number of benzene rings is 1. The molecule has 0 saturated carbocycles. The molecular weight excluding hydrogens is 205 g/mol. The molecule has 0 aliphatic heterocycles. The Kier molecular flexibility index (Phi) is 3.72. The van der Waals surface area contributed by atoms with Crippen LogP contribution < -0.4 is 5.32 Å². The van der Waals surface area contributed by atoms with Crippen LogP contribution in [0, 0.1) is 5.82 Å². The Morgan fingerprint density at radius 2 is 2.06 bits per heavy atom. The number of hydrogen-bond donors (Lipinski definition) is 1. The fourth-order valence-corrected chi connectivity index (χ4v) is 1.55. The maximum absolute atomic E-state index is 13.2. The van der Waals surface area contributed by atoms with Crippen LogP contribution in [0.5, 0.6) is 0 Å². The fourth-order valence-electron chi connectivity index (χ4n) is 1.55. The first-order chi connectivity index (χ1) is 7.86. The third-order valence-corrected chi connectivity index (χ3v) is 2.44. The van der Waals surface area contributed by atoms with Crippen LogP contribution in [0.2, 0.25) is 0 Å². The maximum Gasteiger partial charge on any atom is 0.126 e. The first-order valence-corrected chi connectivity index (χ1v) is 5.31. The Labute approximate surface area is 94.1 Å². The standard InChI is InChI=1S/C13H14FNO/c14-13-4-2-1-3-12(13)5-7-15-9-11-6-8-16-10-11/h1-4,6,8,10,15H,5,7,9H2. The van der Waals surface area contributed by atoms with Crippen LogP contribution in [-0.4, -0.2) is 6.54 Å². The minimum atomic E-state index is -0.132. The molecule has 0 aliphatic rings. The van der Waals surface area contributed by atoms with Crippen molar-refractivity contribution in [3.05, 3.63) is 59.8 Å². The minimum Gasteiger partial charge on any atom is -0.472 e. The third kappa shape index (κ3) is 2.94. The summed E-state index contributed by atoms with van der Waals surface area (Å²) < 4.78 is 18.2. The van der Waals surface area contributed by atoms with E-state index in [0.717, 1.165) is 24.2 Å². The second kappa shape index (κ2) is 5.47. The van der Waals surface area contributed by atoms with Gasteiger partial charge in [-0.2, -0.15) is 0 Å². The van der Waals surface area contributed by atoms with Crippen molar-refractivity contribution in [2.45, 2.75) is 13.0 Å². The Hall–Kier alpha value is -1.61. The second-order valence-electron chi connectivity index (χ2n) is 3.65. The SMILES string of the molecule is Fc1ccccc1CCNCc1ccoc1. The van der Waals surface area contributed by atoms with E-state index in [4.69, 9.17) is 4.42 Å². The first kappa shape index (κ1) is 10.9.